The molecule has 7 nitrogen and oxygen atoms in total. The number of carbonyl (C=O) groups is 1. The number of hydrogen-bond donors (Lipinski definition) is 4. The third-order valence-electron chi connectivity index (χ3n) is 3.19. The number of rotatable bonds is 7. The van der Waals surface area contributed by atoms with Crippen LogP contribution in [0.25, 0.3) is 0 Å². The van der Waals surface area contributed by atoms with E-state index in [1.54, 1.807) is 12.3 Å². The van der Waals surface area contributed by atoms with Crippen LogP contribution in [0.15, 0.2) is 24.4 Å². The van der Waals surface area contributed by atoms with E-state index in [0.717, 1.165) is 29.9 Å². The summed E-state index contributed by atoms with van der Waals surface area (Å²) >= 11 is 0. The Morgan fingerprint density at radius 3 is 2.70 bits per heavy atom. The lowest BCUT2D eigenvalue weighted by Crippen LogP contribution is -2.16. The van der Waals surface area contributed by atoms with Crippen molar-refractivity contribution in [2.24, 2.45) is 11.5 Å². The van der Waals surface area contributed by atoms with Gasteiger partial charge >= 0.3 is 0 Å². The number of amides is 1. The zero-order valence-electron chi connectivity index (χ0n) is 13.4. The molecule has 7 heteroatoms. The van der Waals surface area contributed by atoms with Crippen LogP contribution in [0.1, 0.15) is 28.2 Å². The molecule has 0 fully saturated rings. The van der Waals surface area contributed by atoms with Gasteiger partial charge in [-0.15, -0.1) is 0 Å². The van der Waals surface area contributed by atoms with E-state index >= 15 is 0 Å². The van der Waals surface area contributed by atoms with Gasteiger partial charge in [0.25, 0.3) is 5.91 Å². The summed E-state index contributed by atoms with van der Waals surface area (Å²) in [6.07, 6.45) is 2.43. The molecule has 122 valence electrons. The predicted molar refractivity (Wildman–Crippen MR) is 91.9 cm³/mol. The monoisotopic (exact) mass is 314 g/mol. The summed E-state index contributed by atoms with van der Waals surface area (Å²) in [7, 11) is 0. The number of primary amides is 1. The van der Waals surface area contributed by atoms with Gasteiger partial charge in [-0.25, -0.2) is 9.97 Å². The van der Waals surface area contributed by atoms with E-state index in [2.05, 4.69) is 20.6 Å². The summed E-state index contributed by atoms with van der Waals surface area (Å²) < 4.78 is 0. The minimum Gasteiger partial charge on any atom is -0.384 e. The Morgan fingerprint density at radius 1 is 1.26 bits per heavy atom. The van der Waals surface area contributed by atoms with E-state index in [-0.39, 0.29) is 5.69 Å². The van der Waals surface area contributed by atoms with Crippen LogP contribution in [-0.4, -0.2) is 29.0 Å². The van der Waals surface area contributed by atoms with Gasteiger partial charge in [-0.05, 0) is 50.6 Å². The molecular formula is C16H22N6O. The van der Waals surface area contributed by atoms with Crippen molar-refractivity contribution in [1.82, 2.24) is 9.97 Å². The van der Waals surface area contributed by atoms with E-state index in [9.17, 15) is 4.79 Å². The van der Waals surface area contributed by atoms with Crippen molar-refractivity contribution in [3.8, 4) is 0 Å². The van der Waals surface area contributed by atoms with Gasteiger partial charge in [0.2, 0.25) is 0 Å². The fraction of sp³-hybridized carbons (Fsp3) is 0.312. The highest BCUT2D eigenvalue weighted by molar-refractivity contribution is 5.97. The third kappa shape index (κ3) is 4.65. The topological polar surface area (TPSA) is 119 Å². The maximum absolute atomic E-state index is 11.6. The molecule has 0 saturated carbocycles. The van der Waals surface area contributed by atoms with Crippen LogP contribution in [0.3, 0.4) is 0 Å². The lowest BCUT2D eigenvalue weighted by molar-refractivity contribution is 0.0996. The van der Waals surface area contributed by atoms with E-state index in [4.69, 9.17) is 11.5 Å². The molecule has 0 aliphatic rings. The number of aromatic nitrogens is 2. The molecule has 0 atom stereocenters. The average molecular weight is 314 g/mol. The van der Waals surface area contributed by atoms with Crippen LogP contribution in [0, 0.1) is 13.8 Å². The van der Waals surface area contributed by atoms with Gasteiger partial charge in [0.1, 0.15) is 5.82 Å². The largest absolute Gasteiger partial charge is 0.384 e. The van der Waals surface area contributed by atoms with Crippen molar-refractivity contribution < 1.29 is 4.79 Å². The van der Waals surface area contributed by atoms with Gasteiger partial charge in [0, 0.05) is 12.2 Å². The van der Waals surface area contributed by atoms with E-state index in [0.29, 0.717) is 18.1 Å². The van der Waals surface area contributed by atoms with Gasteiger partial charge in [0.05, 0.1) is 17.6 Å². The molecule has 0 aliphatic heterocycles. The molecule has 6 N–H and O–H groups in total. The Labute approximate surface area is 135 Å². The molecule has 0 unspecified atom stereocenters. The fourth-order valence-corrected chi connectivity index (χ4v) is 2.23. The lowest BCUT2D eigenvalue weighted by Gasteiger charge is -2.13. The first-order valence-electron chi connectivity index (χ1n) is 7.45. The number of nitrogens with one attached hydrogen (secondary N) is 2. The van der Waals surface area contributed by atoms with Gasteiger partial charge in [0.15, 0.2) is 5.69 Å². The molecule has 2 aromatic heterocycles. The van der Waals surface area contributed by atoms with Crippen LogP contribution >= 0.6 is 0 Å². The van der Waals surface area contributed by atoms with Crippen LogP contribution in [-0.2, 0) is 0 Å². The second-order valence-corrected chi connectivity index (χ2v) is 5.35. The Kier molecular flexibility index (Phi) is 5.48. The van der Waals surface area contributed by atoms with Gasteiger partial charge in [-0.1, -0.05) is 0 Å². The second-order valence-electron chi connectivity index (χ2n) is 5.35. The highest BCUT2D eigenvalue weighted by atomic mass is 16.1. The lowest BCUT2D eigenvalue weighted by atomic mass is 10.2. The quantitative estimate of drug-likeness (QED) is 0.577. The SMILES string of the molecule is Cc1cc(C)nc(Nc2cc(NCCCN)cnc2C(N)=O)c1. The predicted octanol–water partition coefficient (Wildman–Crippen LogP) is 1.70. The van der Waals surface area contributed by atoms with Crippen molar-refractivity contribution in [2.75, 3.05) is 23.7 Å². The first kappa shape index (κ1) is 16.7. The van der Waals surface area contributed by atoms with Gasteiger partial charge in [-0.3, -0.25) is 4.79 Å². The Morgan fingerprint density at radius 2 is 2.04 bits per heavy atom. The maximum Gasteiger partial charge on any atom is 0.269 e. The van der Waals surface area contributed by atoms with Crippen LogP contribution < -0.4 is 22.1 Å². The second kappa shape index (κ2) is 7.55. The van der Waals surface area contributed by atoms with Gasteiger partial charge < -0.3 is 22.1 Å². The normalized spacial score (nSPS) is 10.4. The molecule has 0 radical (unpaired) electrons. The maximum atomic E-state index is 11.6. The molecule has 0 aliphatic carbocycles. The van der Waals surface area contributed by atoms with E-state index in [1.807, 2.05) is 26.0 Å². The van der Waals surface area contributed by atoms with Crippen molar-refractivity contribution in [3.05, 3.63) is 41.3 Å². The Bertz CT molecular complexity index is 681. The molecule has 0 saturated heterocycles. The summed E-state index contributed by atoms with van der Waals surface area (Å²) in [6.45, 7) is 5.24. The average Bonchev–Trinajstić information content (AvgIpc) is 2.46. The number of carbonyl (C=O) groups excluding carboxylic acids is 1. The summed E-state index contributed by atoms with van der Waals surface area (Å²) in [4.78, 5) is 20.1. The zero-order valence-corrected chi connectivity index (χ0v) is 13.4. The number of hydrogen-bond acceptors (Lipinski definition) is 6. The van der Waals surface area contributed by atoms with Crippen LogP contribution in [0.4, 0.5) is 17.2 Å². The molecule has 2 aromatic rings. The van der Waals surface area contributed by atoms with Crippen molar-refractivity contribution in [3.63, 3.8) is 0 Å². The van der Waals surface area contributed by atoms with E-state index < -0.39 is 5.91 Å². The molecular weight excluding hydrogens is 292 g/mol. The molecule has 2 heterocycles. The summed E-state index contributed by atoms with van der Waals surface area (Å²) in [5.41, 5.74) is 14.3. The molecule has 0 spiro atoms. The number of pyridine rings is 2. The van der Waals surface area contributed by atoms with Crippen molar-refractivity contribution in [2.45, 2.75) is 20.3 Å². The minimum atomic E-state index is -0.592. The minimum absolute atomic E-state index is 0.176. The summed E-state index contributed by atoms with van der Waals surface area (Å²) in [5.74, 6) is 0.0521. The molecule has 0 bridgehead atoms. The Hall–Kier alpha value is -2.67. The molecule has 1 amide bonds. The van der Waals surface area contributed by atoms with Crippen LogP contribution in [0.2, 0.25) is 0 Å². The van der Waals surface area contributed by atoms with Gasteiger partial charge in [-0.2, -0.15) is 0 Å². The van der Waals surface area contributed by atoms with Crippen molar-refractivity contribution >= 4 is 23.1 Å². The molecule has 23 heavy (non-hydrogen) atoms. The molecule has 0 aromatic carbocycles. The third-order valence-corrected chi connectivity index (χ3v) is 3.19. The smallest absolute Gasteiger partial charge is 0.269 e. The highest BCUT2D eigenvalue weighted by Crippen LogP contribution is 2.22. The number of nitrogens with zero attached hydrogens (tertiary/aromatic N) is 2. The van der Waals surface area contributed by atoms with Crippen LogP contribution in [0.5, 0.6) is 0 Å². The molecule has 2 rings (SSSR count). The number of nitrogens with two attached hydrogens (primary N) is 2. The highest BCUT2D eigenvalue weighted by Gasteiger charge is 2.12. The first-order valence-corrected chi connectivity index (χ1v) is 7.45. The van der Waals surface area contributed by atoms with E-state index in [1.165, 1.54) is 0 Å². The number of anilines is 3. The summed E-state index contributed by atoms with van der Waals surface area (Å²) in [6, 6.07) is 5.67. The standard InChI is InChI=1S/C16H22N6O/c1-10-6-11(2)21-14(7-10)22-13-8-12(19-5-3-4-17)9-20-15(13)16(18)23/h6-9,19H,3-5,17H2,1-2H3,(H2,18,23)(H,21,22). The zero-order chi connectivity index (χ0) is 16.8. The first-order chi connectivity index (χ1) is 11.0. The Balaban J connectivity index is 2.29. The van der Waals surface area contributed by atoms with Crippen molar-refractivity contribution in [1.29, 1.82) is 0 Å². The number of aryl methyl sites for hydroxylation is 2. The summed E-state index contributed by atoms with van der Waals surface area (Å²) in [5, 5.41) is 6.33. The fourth-order valence-electron chi connectivity index (χ4n) is 2.23.